The number of halogens is 1. The van der Waals surface area contributed by atoms with Crippen LogP contribution in [0.1, 0.15) is 68.1 Å². The van der Waals surface area contributed by atoms with Gasteiger partial charge in [0.1, 0.15) is 5.82 Å². The van der Waals surface area contributed by atoms with E-state index in [2.05, 4.69) is 18.0 Å². The van der Waals surface area contributed by atoms with Crippen LogP contribution in [0.4, 0.5) is 4.39 Å². The second-order valence-electron chi connectivity index (χ2n) is 10.4. The highest BCUT2D eigenvalue weighted by Crippen LogP contribution is 2.63. The molecule has 0 aliphatic heterocycles. The molecule has 1 amide bonds. The molecule has 1 fully saturated rings. The Hall–Kier alpha value is -2.54. The van der Waals surface area contributed by atoms with E-state index in [1.165, 1.54) is 17.3 Å². The Morgan fingerprint density at radius 3 is 2.82 bits per heavy atom. The first-order valence-corrected chi connectivity index (χ1v) is 13.8. The fourth-order valence-corrected chi connectivity index (χ4v) is 8.24. The summed E-state index contributed by atoms with van der Waals surface area (Å²) in [5.41, 5.74) is 9.71. The number of fused-ring (bicyclic) bond motifs is 5. The van der Waals surface area contributed by atoms with Gasteiger partial charge in [0.15, 0.2) is 9.84 Å². The number of carbonyl (C=O) groups excluding carboxylic acids is 1. The maximum Gasteiger partial charge on any atom is 0.217 e. The molecule has 1 saturated carbocycles. The third-order valence-corrected chi connectivity index (χ3v) is 10.3. The summed E-state index contributed by atoms with van der Waals surface area (Å²) in [7, 11) is -3.44. The third kappa shape index (κ3) is 3.98. The van der Waals surface area contributed by atoms with Gasteiger partial charge in [0, 0.05) is 12.6 Å². The highest BCUT2D eigenvalue weighted by molar-refractivity contribution is 7.91. The Morgan fingerprint density at radius 2 is 2.06 bits per heavy atom. The Labute approximate surface area is 200 Å². The van der Waals surface area contributed by atoms with E-state index in [0.717, 1.165) is 43.2 Å². The highest BCUT2D eigenvalue weighted by Gasteiger charge is 2.52. The fraction of sp³-hybridized carbons (Fsp3) is 0.481. The number of hydrogen-bond acceptors (Lipinski definition) is 4. The number of amides is 1. The van der Waals surface area contributed by atoms with Crippen LogP contribution in [-0.2, 0) is 21.1 Å². The molecule has 0 spiro atoms. The monoisotopic (exact) mass is 482 g/mol. The van der Waals surface area contributed by atoms with Crippen molar-refractivity contribution in [2.75, 3.05) is 5.75 Å². The summed E-state index contributed by atoms with van der Waals surface area (Å²) in [6, 6.07) is 7.22. The molecule has 2 N–H and O–H groups in total. The minimum Gasteiger partial charge on any atom is -0.370 e. The number of nitrogens with zero attached hydrogens (tertiary/aromatic N) is 1. The Kier molecular flexibility index (Phi) is 5.87. The number of allylic oxidation sites excluding steroid dienone is 2. The molecule has 3 aliphatic rings. The van der Waals surface area contributed by atoms with Gasteiger partial charge in [-0.3, -0.25) is 9.78 Å². The smallest absolute Gasteiger partial charge is 0.217 e. The zero-order chi connectivity index (χ0) is 24.1. The molecule has 0 unspecified atom stereocenters. The van der Waals surface area contributed by atoms with Crippen molar-refractivity contribution in [3.8, 4) is 0 Å². The summed E-state index contributed by atoms with van der Waals surface area (Å²) in [5, 5.41) is 0. The first-order chi connectivity index (χ1) is 16.2. The SMILES string of the molecule is C[C@]12CC[C@@H]3c4ccc(S(=O)(=O)CCCC(N)=O)cc4CC[C@H]3[C@@H]1CC=C2c1cncc(F)c1. The lowest BCUT2D eigenvalue weighted by Crippen LogP contribution is -2.41. The molecular formula is C27H31FN2O3S. The van der Waals surface area contributed by atoms with E-state index >= 15 is 0 Å². The first kappa shape index (κ1) is 23.2. The van der Waals surface area contributed by atoms with Crippen molar-refractivity contribution < 1.29 is 17.6 Å². The van der Waals surface area contributed by atoms with Gasteiger partial charge in [-0.05, 0) is 102 Å². The molecule has 2 aromatic rings. The van der Waals surface area contributed by atoms with Crippen molar-refractivity contribution in [1.82, 2.24) is 4.98 Å². The number of aromatic nitrogens is 1. The summed E-state index contributed by atoms with van der Waals surface area (Å²) >= 11 is 0. The van der Waals surface area contributed by atoms with E-state index < -0.39 is 15.7 Å². The molecule has 1 aromatic heterocycles. The van der Waals surface area contributed by atoms with Crippen LogP contribution in [0.15, 0.2) is 47.6 Å². The van der Waals surface area contributed by atoms with E-state index in [4.69, 9.17) is 5.73 Å². The van der Waals surface area contributed by atoms with Crippen LogP contribution in [0.3, 0.4) is 0 Å². The molecule has 1 heterocycles. The molecule has 0 radical (unpaired) electrons. The van der Waals surface area contributed by atoms with Gasteiger partial charge < -0.3 is 5.73 Å². The summed E-state index contributed by atoms with van der Waals surface area (Å²) < 4.78 is 39.4. The quantitative estimate of drug-likeness (QED) is 0.640. The maximum atomic E-state index is 13.9. The van der Waals surface area contributed by atoms with Crippen molar-refractivity contribution in [3.05, 3.63) is 65.2 Å². The molecule has 4 atom stereocenters. The molecule has 5 nitrogen and oxygen atoms in total. The predicted molar refractivity (Wildman–Crippen MR) is 129 cm³/mol. The molecule has 1 aromatic carbocycles. The van der Waals surface area contributed by atoms with Gasteiger partial charge in [0.2, 0.25) is 5.91 Å². The Bertz CT molecular complexity index is 1270. The predicted octanol–water partition coefficient (Wildman–Crippen LogP) is 4.81. The summed E-state index contributed by atoms with van der Waals surface area (Å²) in [6.07, 6.45) is 10.6. The molecule has 0 bridgehead atoms. The van der Waals surface area contributed by atoms with Crippen molar-refractivity contribution in [2.45, 2.75) is 62.7 Å². The van der Waals surface area contributed by atoms with Crippen molar-refractivity contribution in [3.63, 3.8) is 0 Å². The lowest BCUT2D eigenvalue weighted by atomic mass is 9.54. The number of carbonyl (C=O) groups is 1. The number of rotatable bonds is 6. The molecule has 3 aliphatic carbocycles. The first-order valence-electron chi connectivity index (χ1n) is 12.1. The van der Waals surface area contributed by atoms with E-state index in [9.17, 15) is 17.6 Å². The minimum atomic E-state index is -3.44. The summed E-state index contributed by atoms with van der Waals surface area (Å²) in [6.45, 7) is 2.33. The van der Waals surface area contributed by atoms with Crippen LogP contribution >= 0.6 is 0 Å². The van der Waals surface area contributed by atoms with Crippen molar-refractivity contribution in [1.29, 1.82) is 0 Å². The standard InChI is InChI=1S/C27H31FN2O3S/c1-27-11-10-22-21-7-5-20(34(32,33)12-2-3-26(29)31)14-17(21)4-6-23(22)25(27)9-8-24(27)18-13-19(28)16-30-15-18/h5,7-8,13-16,22-23,25H,2-4,6,9-12H2,1H3,(H2,29,31)/t22-,23-,25+,27-/m1/s1. The number of sulfone groups is 1. The van der Waals surface area contributed by atoms with Gasteiger partial charge in [-0.15, -0.1) is 0 Å². The zero-order valence-corrected chi connectivity index (χ0v) is 20.3. The number of pyridine rings is 1. The van der Waals surface area contributed by atoms with Crippen molar-refractivity contribution in [2.24, 2.45) is 23.0 Å². The minimum absolute atomic E-state index is 0.0118. The number of primary amides is 1. The van der Waals surface area contributed by atoms with Gasteiger partial charge in [-0.2, -0.15) is 0 Å². The fourth-order valence-electron chi connectivity index (χ4n) is 6.88. The Balaban J connectivity index is 1.37. The number of hydrogen-bond donors (Lipinski definition) is 1. The van der Waals surface area contributed by atoms with Crippen LogP contribution in [-0.4, -0.2) is 25.1 Å². The van der Waals surface area contributed by atoms with Crippen molar-refractivity contribution >= 4 is 21.3 Å². The summed E-state index contributed by atoms with van der Waals surface area (Å²) in [5.74, 6) is 0.603. The number of nitrogens with two attached hydrogens (primary N) is 1. The van der Waals surface area contributed by atoms with Gasteiger partial charge in [-0.25, -0.2) is 12.8 Å². The highest BCUT2D eigenvalue weighted by atomic mass is 32.2. The molecule has 180 valence electrons. The van der Waals surface area contributed by atoms with E-state index in [1.807, 2.05) is 12.1 Å². The topological polar surface area (TPSA) is 90.1 Å². The molecular weight excluding hydrogens is 451 g/mol. The second kappa shape index (κ2) is 8.59. The van der Waals surface area contributed by atoms with Gasteiger partial charge >= 0.3 is 0 Å². The largest absolute Gasteiger partial charge is 0.370 e. The molecule has 0 saturated heterocycles. The lowest BCUT2D eigenvalue weighted by molar-refractivity contribution is -0.118. The van der Waals surface area contributed by atoms with E-state index in [-0.39, 0.29) is 29.8 Å². The maximum absolute atomic E-state index is 13.9. The molecule has 7 heteroatoms. The summed E-state index contributed by atoms with van der Waals surface area (Å²) in [4.78, 5) is 15.4. The Morgan fingerprint density at radius 1 is 1.24 bits per heavy atom. The average molecular weight is 483 g/mol. The number of benzene rings is 1. The normalized spacial score (nSPS) is 27.9. The molecule has 5 rings (SSSR count). The third-order valence-electron chi connectivity index (χ3n) is 8.49. The zero-order valence-electron chi connectivity index (χ0n) is 19.5. The lowest BCUT2D eigenvalue weighted by Gasteiger charge is -2.50. The van der Waals surface area contributed by atoms with Gasteiger partial charge in [0.05, 0.1) is 16.8 Å². The van der Waals surface area contributed by atoms with Gasteiger partial charge in [-0.1, -0.05) is 19.1 Å². The number of aryl methyl sites for hydroxylation is 1. The molecule has 34 heavy (non-hydrogen) atoms. The van der Waals surface area contributed by atoms with Crippen LogP contribution < -0.4 is 5.73 Å². The van der Waals surface area contributed by atoms with Gasteiger partial charge in [0.25, 0.3) is 0 Å². The van der Waals surface area contributed by atoms with Crippen LogP contribution in [0.5, 0.6) is 0 Å². The second-order valence-corrected chi connectivity index (χ2v) is 12.5. The van der Waals surface area contributed by atoms with Crippen LogP contribution in [0.25, 0.3) is 5.57 Å². The van der Waals surface area contributed by atoms with Crippen LogP contribution in [0.2, 0.25) is 0 Å². The van der Waals surface area contributed by atoms with E-state index in [0.29, 0.717) is 22.6 Å². The van der Waals surface area contributed by atoms with E-state index in [1.54, 1.807) is 18.3 Å². The van der Waals surface area contributed by atoms with Crippen LogP contribution in [0, 0.1) is 23.1 Å². The average Bonchev–Trinajstić information content (AvgIpc) is 3.15.